The minimum absolute atomic E-state index is 0.0213. The highest BCUT2D eigenvalue weighted by atomic mass is 16.5. The van der Waals surface area contributed by atoms with E-state index >= 15 is 0 Å². The van der Waals surface area contributed by atoms with Gasteiger partial charge in [0, 0.05) is 18.6 Å². The Labute approximate surface area is 121 Å². The van der Waals surface area contributed by atoms with E-state index in [1.165, 1.54) is 5.56 Å². The van der Waals surface area contributed by atoms with Crippen molar-refractivity contribution in [1.82, 2.24) is 10.6 Å². The molecule has 20 heavy (non-hydrogen) atoms. The van der Waals surface area contributed by atoms with Crippen LogP contribution in [0, 0.1) is 0 Å². The molecule has 4 nitrogen and oxygen atoms in total. The summed E-state index contributed by atoms with van der Waals surface area (Å²) in [6.45, 7) is 11.2. The molecule has 0 aliphatic heterocycles. The van der Waals surface area contributed by atoms with Crippen molar-refractivity contribution in [3.8, 4) is 5.75 Å². The van der Waals surface area contributed by atoms with Gasteiger partial charge in [-0.25, -0.2) is 0 Å². The normalized spacial score (nSPS) is 10.9. The molecule has 2 N–H and O–H groups in total. The van der Waals surface area contributed by atoms with Crippen molar-refractivity contribution in [3.63, 3.8) is 0 Å². The Morgan fingerprint density at radius 3 is 2.50 bits per heavy atom. The summed E-state index contributed by atoms with van der Waals surface area (Å²) in [4.78, 5) is 11.4. The van der Waals surface area contributed by atoms with E-state index in [0.717, 1.165) is 6.54 Å². The fourth-order valence-electron chi connectivity index (χ4n) is 1.46. The number of nitrogens with one attached hydrogen (secondary N) is 2. The molecule has 0 saturated heterocycles. The molecule has 0 spiro atoms. The van der Waals surface area contributed by atoms with Gasteiger partial charge in [0.25, 0.3) is 5.91 Å². The van der Waals surface area contributed by atoms with Gasteiger partial charge in [0.2, 0.25) is 0 Å². The maximum atomic E-state index is 11.4. The van der Waals surface area contributed by atoms with Crippen LogP contribution < -0.4 is 15.4 Å². The largest absolute Gasteiger partial charge is 0.484 e. The third kappa shape index (κ3) is 6.95. The van der Waals surface area contributed by atoms with Crippen LogP contribution in [0.15, 0.2) is 36.9 Å². The van der Waals surface area contributed by atoms with Gasteiger partial charge in [0.05, 0.1) is 0 Å². The summed E-state index contributed by atoms with van der Waals surface area (Å²) < 4.78 is 5.40. The lowest BCUT2D eigenvalue weighted by molar-refractivity contribution is -0.122. The number of ether oxygens (including phenoxy) is 1. The minimum Gasteiger partial charge on any atom is -0.484 e. The van der Waals surface area contributed by atoms with Crippen LogP contribution >= 0.6 is 0 Å². The van der Waals surface area contributed by atoms with Crippen LogP contribution in [0.4, 0.5) is 0 Å². The van der Waals surface area contributed by atoms with Gasteiger partial charge in [-0.3, -0.25) is 4.79 Å². The predicted octanol–water partition coefficient (Wildman–Crippen LogP) is 2.26. The SMILES string of the molecule is C=CCNC(=O)COc1ccc(CNC(C)(C)C)cc1. The van der Waals surface area contributed by atoms with E-state index in [-0.39, 0.29) is 18.1 Å². The molecular formula is C16H24N2O2. The van der Waals surface area contributed by atoms with E-state index in [2.05, 4.69) is 38.0 Å². The van der Waals surface area contributed by atoms with Crippen molar-refractivity contribution in [3.05, 3.63) is 42.5 Å². The lowest BCUT2D eigenvalue weighted by Gasteiger charge is -2.20. The van der Waals surface area contributed by atoms with E-state index in [1.807, 2.05) is 24.3 Å². The number of amides is 1. The van der Waals surface area contributed by atoms with Crippen LogP contribution in [0.3, 0.4) is 0 Å². The van der Waals surface area contributed by atoms with Crippen molar-refractivity contribution in [2.45, 2.75) is 32.9 Å². The monoisotopic (exact) mass is 276 g/mol. The number of hydrogen-bond acceptors (Lipinski definition) is 3. The van der Waals surface area contributed by atoms with E-state index in [0.29, 0.717) is 12.3 Å². The molecule has 0 aliphatic carbocycles. The van der Waals surface area contributed by atoms with Crippen LogP contribution in [0.2, 0.25) is 0 Å². The van der Waals surface area contributed by atoms with E-state index in [9.17, 15) is 4.79 Å². The number of hydrogen-bond donors (Lipinski definition) is 2. The van der Waals surface area contributed by atoms with Crippen molar-refractivity contribution < 1.29 is 9.53 Å². The Morgan fingerprint density at radius 2 is 1.95 bits per heavy atom. The summed E-state index contributed by atoms with van der Waals surface area (Å²) in [5.74, 6) is 0.543. The second kappa shape index (κ2) is 7.70. The number of carbonyl (C=O) groups is 1. The Balaban J connectivity index is 2.38. The molecule has 0 atom stereocenters. The van der Waals surface area contributed by atoms with E-state index in [1.54, 1.807) is 6.08 Å². The molecule has 4 heteroatoms. The Morgan fingerprint density at radius 1 is 1.30 bits per heavy atom. The molecule has 1 rings (SSSR count). The number of benzene rings is 1. The average molecular weight is 276 g/mol. The molecule has 1 amide bonds. The highest BCUT2D eigenvalue weighted by molar-refractivity contribution is 5.77. The summed E-state index contributed by atoms with van der Waals surface area (Å²) in [6, 6.07) is 7.74. The molecule has 1 aromatic rings. The van der Waals surface area contributed by atoms with Gasteiger partial charge in [-0.2, -0.15) is 0 Å². The van der Waals surface area contributed by atoms with Gasteiger partial charge >= 0.3 is 0 Å². The molecule has 0 unspecified atom stereocenters. The predicted molar refractivity (Wildman–Crippen MR) is 81.7 cm³/mol. The molecule has 0 heterocycles. The van der Waals surface area contributed by atoms with Crippen molar-refractivity contribution in [1.29, 1.82) is 0 Å². The second-order valence-corrected chi connectivity index (χ2v) is 5.63. The Hall–Kier alpha value is -1.81. The van der Waals surface area contributed by atoms with Crippen molar-refractivity contribution in [2.24, 2.45) is 0 Å². The molecule has 0 bridgehead atoms. The summed E-state index contributed by atoms with van der Waals surface area (Å²) in [5, 5.41) is 6.08. The second-order valence-electron chi connectivity index (χ2n) is 5.63. The first kappa shape index (κ1) is 16.2. The van der Waals surface area contributed by atoms with Crippen LogP contribution in [0.25, 0.3) is 0 Å². The first-order valence-electron chi connectivity index (χ1n) is 6.75. The van der Waals surface area contributed by atoms with Crippen LogP contribution in [-0.2, 0) is 11.3 Å². The van der Waals surface area contributed by atoms with Gasteiger partial charge in [-0.05, 0) is 38.5 Å². The van der Waals surface area contributed by atoms with Gasteiger partial charge in [0.15, 0.2) is 6.61 Å². The van der Waals surface area contributed by atoms with Crippen molar-refractivity contribution in [2.75, 3.05) is 13.2 Å². The maximum Gasteiger partial charge on any atom is 0.258 e. The highest BCUT2D eigenvalue weighted by Gasteiger charge is 2.08. The first-order valence-corrected chi connectivity index (χ1v) is 6.75. The zero-order valence-corrected chi connectivity index (χ0v) is 12.5. The summed E-state index contributed by atoms with van der Waals surface area (Å²) in [5.41, 5.74) is 1.28. The molecule has 1 aromatic carbocycles. The molecule has 0 aliphatic rings. The van der Waals surface area contributed by atoms with Gasteiger partial charge in [-0.1, -0.05) is 18.2 Å². The van der Waals surface area contributed by atoms with Crippen LogP contribution in [0.5, 0.6) is 5.75 Å². The lowest BCUT2D eigenvalue weighted by atomic mass is 10.1. The van der Waals surface area contributed by atoms with Crippen LogP contribution in [-0.4, -0.2) is 24.6 Å². The number of carbonyl (C=O) groups excluding carboxylic acids is 1. The molecule has 0 radical (unpaired) electrons. The van der Waals surface area contributed by atoms with Crippen LogP contribution in [0.1, 0.15) is 26.3 Å². The topological polar surface area (TPSA) is 50.4 Å². The lowest BCUT2D eigenvalue weighted by Crippen LogP contribution is -2.35. The minimum atomic E-state index is -0.150. The number of rotatable bonds is 7. The summed E-state index contributed by atoms with van der Waals surface area (Å²) in [6.07, 6.45) is 1.63. The highest BCUT2D eigenvalue weighted by Crippen LogP contribution is 2.12. The first-order chi connectivity index (χ1) is 9.40. The molecule has 0 fully saturated rings. The molecule has 0 saturated carbocycles. The fraction of sp³-hybridized carbons (Fsp3) is 0.438. The molecular weight excluding hydrogens is 252 g/mol. The van der Waals surface area contributed by atoms with E-state index in [4.69, 9.17) is 4.74 Å². The third-order valence-corrected chi connectivity index (χ3v) is 2.56. The van der Waals surface area contributed by atoms with Gasteiger partial charge < -0.3 is 15.4 Å². The van der Waals surface area contributed by atoms with Gasteiger partial charge in [-0.15, -0.1) is 6.58 Å². The molecule has 0 aromatic heterocycles. The summed E-state index contributed by atoms with van der Waals surface area (Å²) in [7, 11) is 0. The Kier molecular flexibility index (Phi) is 6.25. The zero-order valence-electron chi connectivity index (χ0n) is 12.5. The standard InChI is InChI=1S/C16H24N2O2/c1-5-10-17-15(19)12-20-14-8-6-13(7-9-14)11-18-16(2,3)4/h5-9,18H,1,10-12H2,2-4H3,(H,17,19). The van der Waals surface area contributed by atoms with E-state index < -0.39 is 0 Å². The van der Waals surface area contributed by atoms with Crippen molar-refractivity contribution >= 4 is 5.91 Å². The third-order valence-electron chi connectivity index (χ3n) is 2.56. The quantitative estimate of drug-likeness (QED) is 0.751. The summed E-state index contributed by atoms with van der Waals surface area (Å²) >= 11 is 0. The smallest absolute Gasteiger partial charge is 0.258 e. The zero-order chi connectivity index (χ0) is 15.0. The molecule has 110 valence electrons. The maximum absolute atomic E-state index is 11.4. The van der Waals surface area contributed by atoms with Gasteiger partial charge in [0.1, 0.15) is 5.75 Å². The Bertz CT molecular complexity index is 433. The average Bonchev–Trinajstić information content (AvgIpc) is 2.41. The fourth-order valence-corrected chi connectivity index (χ4v) is 1.46.